The van der Waals surface area contributed by atoms with E-state index in [1.54, 1.807) is 0 Å². The fourth-order valence-corrected chi connectivity index (χ4v) is 0.270. The second-order valence-corrected chi connectivity index (χ2v) is 1.35. The highest BCUT2D eigenvalue weighted by Gasteiger charge is 1.94. The van der Waals surface area contributed by atoms with Gasteiger partial charge in [0.1, 0.15) is 0 Å². The van der Waals surface area contributed by atoms with Gasteiger partial charge in [0.2, 0.25) is 0 Å². The van der Waals surface area contributed by atoms with Crippen LogP contribution in [0, 0.1) is 5.41 Å². The topological polar surface area (TPSA) is 77.3 Å². The molecule has 50 valence electrons. The summed E-state index contributed by atoms with van der Waals surface area (Å²) in [5.74, 6) is 0.0659. The fourth-order valence-electron chi connectivity index (χ4n) is 0.270. The van der Waals surface area contributed by atoms with Crippen molar-refractivity contribution in [3.63, 3.8) is 0 Å². The van der Waals surface area contributed by atoms with Gasteiger partial charge in [-0.3, -0.25) is 10.7 Å². The molecule has 0 saturated heterocycles. The minimum Gasteiger partial charge on any atom is -0.295 e. The number of carbonyl (C=O) groups excluding carboxylic acids is 1. The third-order valence-electron chi connectivity index (χ3n) is 0.482. The van der Waals surface area contributed by atoms with E-state index in [0.29, 0.717) is 0 Å². The lowest BCUT2D eigenvalue weighted by Gasteiger charge is -1.98. The van der Waals surface area contributed by atoms with Crippen molar-refractivity contribution in [1.29, 1.82) is 5.41 Å². The van der Waals surface area contributed by atoms with E-state index in [1.807, 2.05) is 5.43 Å². The molecule has 0 aromatic heterocycles. The molecule has 0 atom stereocenters. The molecular formula is C4H8N4O. The molecule has 0 aromatic carbocycles. The third-order valence-corrected chi connectivity index (χ3v) is 0.482. The van der Waals surface area contributed by atoms with Gasteiger partial charge in [-0.2, -0.15) is 5.10 Å². The summed E-state index contributed by atoms with van der Waals surface area (Å²) in [6.45, 7) is 4.46. The van der Waals surface area contributed by atoms with Gasteiger partial charge in [-0.1, -0.05) is 0 Å². The van der Waals surface area contributed by atoms with E-state index in [9.17, 15) is 4.79 Å². The zero-order chi connectivity index (χ0) is 7.28. The molecule has 5 heteroatoms. The number of urea groups is 1. The maximum atomic E-state index is 10.4. The van der Waals surface area contributed by atoms with Crippen LogP contribution in [0.2, 0.25) is 0 Å². The molecule has 9 heavy (non-hydrogen) atoms. The first-order valence-corrected chi connectivity index (χ1v) is 2.24. The average molecular weight is 128 g/mol. The average Bonchev–Trinajstić information content (AvgIpc) is 1.63. The number of nitrogens with zero attached hydrogens (tertiary/aromatic N) is 1. The summed E-state index contributed by atoms with van der Waals surface area (Å²) < 4.78 is 0. The first-order chi connectivity index (χ1) is 4.16. The van der Waals surface area contributed by atoms with E-state index in [1.165, 1.54) is 6.92 Å². The van der Waals surface area contributed by atoms with Gasteiger partial charge in [-0.15, -0.1) is 0 Å². The summed E-state index contributed by atoms with van der Waals surface area (Å²) in [4.78, 5) is 10.4. The summed E-state index contributed by atoms with van der Waals surface area (Å²) in [5, 5.41) is 12.0. The van der Waals surface area contributed by atoms with Crippen LogP contribution in [-0.4, -0.2) is 18.6 Å². The summed E-state index contributed by atoms with van der Waals surface area (Å²) in [6, 6.07) is -0.544. The molecule has 0 aliphatic rings. The van der Waals surface area contributed by atoms with Crippen molar-refractivity contribution in [3.05, 3.63) is 0 Å². The number of hydrazone groups is 1. The largest absolute Gasteiger partial charge is 0.340 e. The molecule has 0 saturated carbocycles. The van der Waals surface area contributed by atoms with Crippen LogP contribution in [0.15, 0.2) is 5.10 Å². The number of hydrogen-bond donors (Lipinski definition) is 3. The minimum atomic E-state index is -0.544. The number of carbonyl (C=O) groups is 1. The molecule has 0 rings (SSSR count). The highest BCUT2D eigenvalue weighted by Crippen LogP contribution is 1.64. The maximum absolute atomic E-state index is 10.4. The van der Waals surface area contributed by atoms with Crippen molar-refractivity contribution in [1.82, 2.24) is 10.7 Å². The quantitative estimate of drug-likeness (QED) is 0.257. The first kappa shape index (κ1) is 7.61. The van der Waals surface area contributed by atoms with Crippen LogP contribution in [0.25, 0.3) is 0 Å². The van der Waals surface area contributed by atoms with Gasteiger partial charge in [0.15, 0.2) is 0 Å². The summed E-state index contributed by atoms with van der Waals surface area (Å²) in [7, 11) is 0. The van der Waals surface area contributed by atoms with Gasteiger partial charge >= 0.3 is 6.03 Å². The molecule has 0 spiro atoms. The molecule has 0 aliphatic heterocycles. The Kier molecular flexibility index (Phi) is 3.04. The molecule has 0 unspecified atom stereocenters. The Morgan fingerprint density at radius 3 is 2.67 bits per heavy atom. The van der Waals surface area contributed by atoms with Gasteiger partial charge < -0.3 is 0 Å². The van der Waals surface area contributed by atoms with E-state index in [0.717, 1.165) is 0 Å². The van der Waals surface area contributed by atoms with Crippen LogP contribution >= 0.6 is 0 Å². The van der Waals surface area contributed by atoms with Crippen LogP contribution in [0.4, 0.5) is 4.79 Å². The van der Waals surface area contributed by atoms with Crippen LogP contribution in [0.3, 0.4) is 0 Å². The Labute approximate surface area is 52.6 Å². The minimum absolute atomic E-state index is 0.0659. The Hall–Kier alpha value is -1.39. The van der Waals surface area contributed by atoms with Crippen molar-refractivity contribution in [2.75, 3.05) is 0 Å². The van der Waals surface area contributed by atoms with E-state index in [4.69, 9.17) is 5.41 Å². The fraction of sp³-hybridized carbons (Fsp3) is 0.250. The molecule has 2 amide bonds. The molecule has 0 aromatic rings. The third kappa shape index (κ3) is 4.46. The second-order valence-electron chi connectivity index (χ2n) is 1.35. The number of rotatable bonds is 1. The first-order valence-electron chi connectivity index (χ1n) is 2.24. The zero-order valence-corrected chi connectivity index (χ0v) is 5.06. The monoisotopic (exact) mass is 128 g/mol. The lowest BCUT2D eigenvalue weighted by Crippen LogP contribution is -2.34. The van der Waals surface area contributed by atoms with Gasteiger partial charge in [0.05, 0.1) is 5.84 Å². The number of nitrogens with one attached hydrogen (secondary N) is 3. The van der Waals surface area contributed by atoms with Crippen molar-refractivity contribution < 1.29 is 4.79 Å². The Morgan fingerprint density at radius 1 is 1.78 bits per heavy atom. The Bertz CT molecular complexity index is 142. The van der Waals surface area contributed by atoms with Crippen LogP contribution < -0.4 is 10.7 Å². The lowest BCUT2D eigenvalue weighted by molar-refractivity contribution is 0.246. The summed E-state index contributed by atoms with van der Waals surface area (Å²) >= 11 is 0. The SMILES string of the molecule is C=NNC(=O)NC(C)=N. The smallest absolute Gasteiger partial charge is 0.295 e. The molecule has 5 nitrogen and oxygen atoms in total. The molecule has 0 fully saturated rings. The molecular weight excluding hydrogens is 120 g/mol. The van der Waals surface area contributed by atoms with Gasteiger partial charge in [0, 0.05) is 6.72 Å². The standard InChI is InChI=1S/C4H8N4O/c1-3(5)7-4(9)8-6-2/h2H2,1H3,(H3,5,7,8,9). The summed E-state index contributed by atoms with van der Waals surface area (Å²) in [6.07, 6.45) is 0. The van der Waals surface area contributed by atoms with Crippen molar-refractivity contribution in [2.24, 2.45) is 5.10 Å². The van der Waals surface area contributed by atoms with Gasteiger partial charge in [-0.05, 0) is 6.92 Å². The summed E-state index contributed by atoms with van der Waals surface area (Å²) in [5.41, 5.74) is 2.00. The molecule has 0 radical (unpaired) electrons. The normalized spacial score (nSPS) is 7.67. The number of hydrogen-bond acceptors (Lipinski definition) is 3. The van der Waals surface area contributed by atoms with Crippen molar-refractivity contribution >= 4 is 18.6 Å². The predicted molar refractivity (Wildman–Crippen MR) is 34.6 cm³/mol. The van der Waals surface area contributed by atoms with Gasteiger partial charge in [0.25, 0.3) is 0 Å². The van der Waals surface area contributed by atoms with Gasteiger partial charge in [-0.25, -0.2) is 10.2 Å². The Morgan fingerprint density at radius 2 is 2.33 bits per heavy atom. The van der Waals surface area contributed by atoms with E-state index in [-0.39, 0.29) is 5.84 Å². The van der Waals surface area contributed by atoms with Crippen molar-refractivity contribution in [2.45, 2.75) is 6.92 Å². The van der Waals surface area contributed by atoms with Crippen LogP contribution in [0.1, 0.15) is 6.92 Å². The van der Waals surface area contributed by atoms with E-state index < -0.39 is 6.03 Å². The number of amides is 2. The highest BCUT2D eigenvalue weighted by atomic mass is 16.2. The van der Waals surface area contributed by atoms with Crippen molar-refractivity contribution in [3.8, 4) is 0 Å². The molecule has 3 N–H and O–H groups in total. The molecule has 0 bridgehead atoms. The van der Waals surface area contributed by atoms with Crippen LogP contribution in [-0.2, 0) is 0 Å². The van der Waals surface area contributed by atoms with E-state index in [2.05, 4.69) is 17.1 Å². The van der Waals surface area contributed by atoms with Crippen LogP contribution in [0.5, 0.6) is 0 Å². The zero-order valence-electron chi connectivity index (χ0n) is 5.06. The van der Waals surface area contributed by atoms with E-state index >= 15 is 0 Å². The molecule has 0 aliphatic carbocycles. The highest BCUT2D eigenvalue weighted by molar-refractivity contribution is 5.94. The number of amidine groups is 1. The second kappa shape index (κ2) is 3.59. The maximum Gasteiger partial charge on any atom is 0.340 e. The predicted octanol–water partition coefficient (Wildman–Crippen LogP) is -0.102. The Balaban J connectivity index is 3.50. The molecule has 0 heterocycles. The lowest BCUT2D eigenvalue weighted by atomic mass is 10.7.